The molecular formula is C12H15NO3. The van der Waals surface area contributed by atoms with Gasteiger partial charge in [0.15, 0.2) is 0 Å². The molecule has 1 aliphatic rings. The summed E-state index contributed by atoms with van der Waals surface area (Å²) in [4.78, 5) is 10.4. The van der Waals surface area contributed by atoms with Crippen LogP contribution in [0.1, 0.15) is 25.7 Å². The van der Waals surface area contributed by atoms with Gasteiger partial charge in [0.05, 0.1) is 6.10 Å². The van der Waals surface area contributed by atoms with Crippen LogP contribution in [0.4, 0.5) is 10.5 Å². The molecule has 2 rings (SSSR count). The van der Waals surface area contributed by atoms with Gasteiger partial charge in [-0.15, -0.1) is 0 Å². The van der Waals surface area contributed by atoms with E-state index in [1.165, 1.54) is 12.8 Å². The summed E-state index contributed by atoms with van der Waals surface area (Å²) in [7, 11) is 0. The second kappa shape index (κ2) is 4.88. The van der Waals surface area contributed by atoms with Crippen molar-refractivity contribution in [1.82, 2.24) is 0 Å². The van der Waals surface area contributed by atoms with E-state index < -0.39 is 6.09 Å². The van der Waals surface area contributed by atoms with Gasteiger partial charge in [-0.1, -0.05) is 0 Å². The molecule has 1 amide bonds. The molecule has 16 heavy (non-hydrogen) atoms. The highest BCUT2D eigenvalue weighted by atomic mass is 16.5. The van der Waals surface area contributed by atoms with Gasteiger partial charge in [0.1, 0.15) is 5.75 Å². The zero-order valence-electron chi connectivity index (χ0n) is 8.98. The molecule has 86 valence electrons. The van der Waals surface area contributed by atoms with Crippen LogP contribution in [0.15, 0.2) is 24.3 Å². The lowest BCUT2D eigenvalue weighted by molar-refractivity contribution is 0.208. The molecular weight excluding hydrogens is 206 g/mol. The average Bonchev–Trinajstić information content (AvgIpc) is 2.73. The number of benzene rings is 1. The Morgan fingerprint density at radius 1 is 1.25 bits per heavy atom. The highest BCUT2D eigenvalue weighted by molar-refractivity contribution is 5.82. The van der Waals surface area contributed by atoms with Crippen LogP contribution in [0.5, 0.6) is 5.75 Å². The minimum absolute atomic E-state index is 0.332. The minimum atomic E-state index is -1.05. The summed E-state index contributed by atoms with van der Waals surface area (Å²) in [5.74, 6) is 0.808. The minimum Gasteiger partial charge on any atom is -0.490 e. The highest BCUT2D eigenvalue weighted by Crippen LogP contribution is 2.24. The van der Waals surface area contributed by atoms with Crippen LogP contribution in [0.2, 0.25) is 0 Å². The maximum atomic E-state index is 10.4. The zero-order valence-corrected chi connectivity index (χ0v) is 8.98. The number of amides is 1. The Morgan fingerprint density at radius 2 is 1.88 bits per heavy atom. The Labute approximate surface area is 94.2 Å². The summed E-state index contributed by atoms with van der Waals surface area (Å²) < 4.78 is 5.76. The van der Waals surface area contributed by atoms with E-state index in [9.17, 15) is 4.79 Å². The van der Waals surface area contributed by atoms with Crippen molar-refractivity contribution >= 4 is 11.8 Å². The van der Waals surface area contributed by atoms with Crippen molar-refractivity contribution in [3.63, 3.8) is 0 Å². The molecule has 0 unspecified atom stereocenters. The molecule has 1 saturated carbocycles. The molecule has 1 aromatic carbocycles. The Morgan fingerprint density at radius 3 is 2.44 bits per heavy atom. The third-order valence-electron chi connectivity index (χ3n) is 2.71. The van der Waals surface area contributed by atoms with E-state index in [0.717, 1.165) is 18.6 Å². The first-order chi connectivity index (χ1) is 7.74. The first-order valence-corrected chi connectivity index (χ1v) is 5.51. The fourth-order valence-corrected chi connectivity index (χ4v) is 1.94. The second-order valence-electron chi connectivity index (χ2n) is 3.98. The van der Waals surface area contributed by atoms with Crippen molar-refractivity contribution in [3.05, 3.63) is 24.3 Å². The van der Waals surface area contributed by atoms with E-state index >= 15 is 0 Å². The van der Waals surface area contributed by atoms with Gasteiger partial charge in [0.2, 0.25) is 0 Å². The average molecular weight is 221 g/mol. The number of hydrogen-bond acceptors (Lipinski definition) is 2. The van der Waals surface area contributed by atoms with Crippen molar-refractivity contribution in [1.29, 1.82) is 0 Å². The molecule has 0 saturated heterocycles. The summed E-state index contributed by atoms with van der Waals surface area (Å²) in [5.41, 5.74) is 0.561. The van der Waals surface area contributed by atoms with Gasteiger partial charge >= 0.3 is 6.09 Å². The van der Waals surface area contributed by atoms with Gasteiger partial charge in [-0.05, 0) is 49.9 Å². The molecule has 4 heteroatoms. The molecule has 0 aromatic heterocycles. The predicted octanol–water partition coefficient (Wildman–Crippen LogP) is 3.10. The lowest BCUT2D eigenvalue weighted by atomic mass is 10.3. The number of carboxylic acid groups (broad SMARTS) is 1. The lowest BCUT2D eigenvalue weighted by Gasteiger charge is -2.13. The Balaban J connectivity index is 1.93. The van der Waals surface area contributed by atoms with Crippen molar-refractivity contribution in [3.8, 4) is 5.75 Å². The van der Waals surface area contributed by atoms with E-state index in [4.69, 9.17) is 9.84 Å². The monoisotopic (exact) mass is 221 g/mol. The van der Waals surface area contributed by atoms with Crippen LogP contribution in [0.3, 0.4) is 0 Å². The van der Waals surface area contributed by atoms with Crippen LogP contribution in [-0.2, 0) is 0 Å². The molecule has 0 aliphatic heterocycles. The molecule has 0 bridgehead atoms. The first kappa shape index (κ1) is 10.8. The second-order valence-corrected chi connectivity index (χ2v) is 3.98. The van der Waals surface area contributed by atoms with Crippen LogP contribution in [0.25, 0.3) is 0 Å². The largest absolute Gasteiger partial charge is 0.490 e. The van der Waals surface area contributed by atoms with Crippen LogP contribution >= 0.6 is 0 Å². The molecule has 0 spiro atoms. The molecule has 0 radical (unpaired) electrons. The summed E-state index contributed by atoms with van der Waals surface area (Å²) in [6, 6.07) is 7.00. The van der Waals surface area contributed by atoms with Crippen molar-refractivity contribution in [2.24, 2.45) is 0 Å². The smallest absolute Gasteiger partial charge is 0.409 e. The molecule has 2 N–H and O–H groups in total. The van der Waals surface area contributed by atoms with Crippen molar-refractivity contribution < 1.29 is 14.6 Å². The standard InChI is InChI=1S/C12H15NO3/c14-12(15)13-9-5-7-11(8-6-9)16-10-3-1-2-4-10/h5-8,10,13H,1-4H2,(H,14,15). The number of nitrogens with one attached hydrogen (secondary N) is 1. The molecule has 1 aromatic rings. The van der Waals surface area contributed by atoms with Gasteiger partial charge in [-0.3, -0.25) is 5.32 Å². The van der Waals surface area contributed by atoms with E-state index in [-0.39, 0.29) is 0 Å². The first-order valence-electron chi connectivity index (χ1n) is 5.51. The van der Waals surface area contributed by atoms with Gasteiger partial charge in [-0.25, -0.2) is 4.79 Å². The summed E-state index contributed by atoms with van der Waals surface area (Å²) in [5, 5.41) is 10.8. The van der Waals surface area contributed by atoms with Crippen LogP contribution in [-0.4, -0.2) is 17.3 Å². The summed E-state index contributed by atoms with van der Waals surface area (Å²) in [6.45, 7) is 0. The normalized spacial score (nSPS) is 16.0. The summed E-state index contributed by atoms with van der Waals surface area (Å²) >= 11 is 0. The Bertz CT molecular complexity index is 355. The summed E-state index contributed by atoms with van der Waals surface area (Å²) in [6.07, 6.45) is 4.00. The Hall–Kier alpha value is -1.71. The number of ether oxygens (including phenoxy) is 1. The number of hydrogen-bond donors (Lipinski definition) is 2. The SMILES string of the molecule is O=C(O)Nc1ccc(OC2CCCC2)cc1. The predicted molar refractivity (Wildman–Crippen MR) is 61.0 cm³/mol. The van der Waals surface area contributed by atoms with Gasteiger partial charge in [0, 0.05) is 5.69 Å². The maximum Gasteiger partial charge on any atom is 0.409 e. The van der Waals surface area contributed by atoms with Crippen molar-refractivity contribution in [2.45, 2.75) is 31.8 Å². The third kappa shape index (κ3) is 2.89. The molecule has 1 fully saturated rings. The van der Waals surface area contributed by atoms with Crippen LogP contribution in [0, 0.1) is 0 Å². The van der Waals surface area contributed by atoms with Crippen LogP contribution < -0.4 is 10.1 Å². The van der Waals surface area contributed by atoms with E-state index in [0.29, 0.717) is 11.8 Å². The van der Waals surface area contributed by atoms with E-state index in [2.05, 4.69) is 5.32 Å². The highest BCUT2D eigenvalue weighted by Gasteiger charge is 2.16. The van der Waals surface area contributed by atoms with E-state index in [1.54, 1.807) is 24.3 Å². The Kier molecular flexibility index (Phi) is 3.29. The number of carbonyl (C=O) groups is 1. The topological polar surface area (TPSA) is 58.6 Å². The molecule has 0 atom stereocenters. The molecule has 0 heterocycles. The number of anilines is 1. The third-order valence-corrected chi connectivity index (χ3v) is 2.71. The zero-order chi connectivity index (χ0) is 11.4. The van der Waals surface area contributed by atoms with Gasteiger partial charge in [0.25, 0.3) is 0 Å². The quantitative estimate of drug-likeness (QED) is 0.824. The fraction of sp³-hybridized carbons (Fsp3) is 0.417. The van der Waals surface area contributed by atoms with Crippen molar-refractivity contribution in [2.75, 3.05) is 5.32 Å². The maximum absolute atomic E-state index is 10.4. The number of rotatable bonds is 3. The fourth-order valence-electron chi connectivity index (χ4n) is 1.94. The lowest BCUT2D eigenvalue weighted by Crippen LogP contribution is -2.11. The van der Waals surface area contributed by atoms with Gasteiger partial charge < -0.3 is 9.84 Å². The van der Waals surface area contributed by atoms with E-state index in [1.807, 2.05) is 0 Å². The van der Waals surface area contributed by atoms with Gasteiger partial charge in [-0.2, -0.15) is 0 Å². The molecule has 4 nitrogen and oxygen atoms in total. The molecule has 1 aliphatic carbocycles.